The highest BCUT2D eigenvalue weighted by Crippen LogP contribution is 2.27. The van der Waals surface area contributed by atoms with Gasteiger partial charge >= 0.3 is 0 Å². The molecule has 1 aliphatic rings. The lowest BCUT2D eigenvalue weighted by Gasteiger charge is -2.37. The van der Waals surface area contributed by atoms with Crippen molar-refractivity contribution < 1.29 is 0 Å². The summed E-state index contributed by atoms with van der Waals surface area (Å²) in [7, 11) is 2.18. The lowest BCUT2D eigenvalue weighted by atomic mass is 10.0. The Bertz CT molecular complexity index is 484. The van der Waals surface area contributed by atoms with Crippen molar-refractivity contribution in [3.8, 4) is 0 Å². The van der Waals surface area contributed by atoms with Gasteiger partial charge in [0.25, 0.3) is 0 Å². The van der Waals surface area contributed by atoms with Crippen LogP contribution in [-0.2, 0) is 0 Å². The maximum absolute atomic E-state index is 5.70. The zero-order valence-electron chi connectivity index (χ0n) is 12.1. The number of benzene rings is 1. The van der Waals surface area contributed by atoms with Crippen molar-refractivity contribution >= 4 is 38.8 Å². The van der Waals surface area contributed by atoms with E-state index in [2.05, 4.69) is 51.8 Å². The number of thiocarbonyl (C=S) groups is 1. The predicted molar refractivity (Wildman–Crippen MR) is 93.6 cm³/mol. The first-order valence-electron chi connectivity index (χ1n) is 7.07. The molecule has 0 atom stereocenters. The molecule has 1 aliphatic heterocycles. The van der Waals surface area contributed by atoms with Crippen LogP contribution in [0, 0.1) is 0 Å². The molecule has 1 saturated heterocycles. The van der Waals surface area contributed by atoms with Crippen LogP contribution in [0.2, 0.25) is 0 Å². The molecule has 2 N–H and O–H groups in total. The molecule has 110 valence electrons. The normalized spacial score (nSPS) is 17.1. The molecule has 1 aromatic rings. The van der Waals surface area contributed by atoms with Crippen molar-refractivity contribution in [2.24, 2.45) is 5.73 Å². The van der Waals surface area contributed by atoms with E-state index in [9.17, 15) is 0 Å². The topological polar surface area (TPSA) is 32.5 Å². The third kappa shape index (κ3) is 3.51. The second-order valence-corrected chi connectivity index (χ2v) is 6.60. The van der Waals surface area contributed by atoms with E-state index in [1.807, 2.05) is 6.07 Å². The summed E-state index contributed by atoms with van der Waals surface area (Å²) < 4.78 is 0.973. The van der Waals surface area contributed by atoms with E-state index in [0.29, 0.717) is 11.0 Å². The Morgan fingerprint density at radius 2 is 2.10 bits per heavy atom. The lowest BCUT2D eigenvalue weighted by molar-refractivity contribution is 0.221. The molecule has 3 nitrogen and oxygen atoms in total. The highest BCUT2D eigenvalue weighted by molar-refractivity contribution is 9.10. The van der Waals surface area contributed by atoms with Gasteiger partial charge in [-0.15, -0.1) is 0 Å². The van der Waals surface area contributed by atoms with Crippen LogP contribution in [-0.4, -0.2) is 42.6 Å². The molecule has 5 heteroatoms. The second-order valence-electron chi connectivity index (χ2n) is 5.30. The maximum Gasteiger partial charge on any atom is 0.105 e. The fourth-order valence-electron chi connectivity index (χ4n) is 2.76. The SMILES string of the molecule is CCN1CCC(N(C)c2ccc(C(N)=S)c(Br)c2)CC1. The molecule has 20 heavy (non-hydrogen) atoms. The fraction of sp³-hybridized carbons (Fsp3) is 0.533. The Labute approximate surface area is 135 Å². The number of halogens is 1. The quantitative estimate of drug-likeness (QED) is 0.841. The van der Waals surface area contributed by atoms with Crippen LogP contribution in [0.25, 0.3) is 0 Å². The zero-order valence-corrected chi connectivity index (χ0v) is 14.5. The number of rotatable bonds is 4. The minimum atomic E-state index is 0.433. The van der Waals surface area contributed by atoms with Crippen molar-refractivity contribution in [3.63, 3.8) is 0 Å². The summed E-state index contributed by atoms with van der Waals surface area (Å²) in [6.07, 6.45) is 2.44. The van der Waals surface area contributed by atoms with Crippen molar-refractivity contribution in [2.45, 2.75) is 25.8 Å². The van der Waals surface area contributed by atoms with Crippen LogP contribution in [0.15, 0.2) is 22.7 Å². The van der Waals surface area contributed by atoms with Crippen LogP contribution in [0.5, 0.6) is 0 Å². The molecular weight excluding hydrogens is 334 g/mol. The number of nitrogens with two attached hydrogens (primary N) is 1. The highest BCUT2D eigenvalue weighted by Gasteiger charge is 2.22. The van der Waals surface area contributed by atoms with Gasteiger partial charge in [-0.25, -0.2) is 0 Å². The Morgan fingerprint density at radius 1 is 1.45 bits per heavy atom. The van der Waals surface area contributed by atoms with E-state index in [1.165, 1.54) is 31.6 Å². The van der Waals surface area contributed by atoms with Crippen molar-refractivity contribution in [1.82, 2.24) is 4.90 Å². The molecule has 0 radical (unpaired) electrons. The lowest BCUT2D eigenvalue weighted by Crippen LogP contribution is -2.43. The Kier molecular flexibility index (Phi) is 5.41. The largest absolute Gasteiger partial charge is 0.389 e. The Hall–Kier alpha value is -0.650. The number of piperidine rings is 1. The molecule has 0 aromatic heterocycles. The highest BCUT2D eigenvalue weighted by atomic mass is 79.9. The minimum absolute atomic E-state index is 0.433. The fourth-order valence-corrected chi connectivity index (χ4v) is 3.65. The summed E-state index contributed by atoms with van der Waals surface area (Å²) in [4.78, 5) is 5.32. The number of anilines is 1. The molecule has 2 rings (SSSR count). The van der Waals surface area contributed by atoms with Crippen LogP contribution < -0.4 is 10.6 Å². The van der Waals surface area contributed by atoms with Crippen LogP contribution in [0.3, 0.4) is 0 Å². The van der Waals surface area contributed by atoms with Crippen molar-refractivity contribution in [2.75, 3.05) is 31.6 Å². The van der Waals surface area contributed by atoms with Gasteiger partial charge in [0.05, 0.1) is 0 Å². The first-order chi connectivity index (χ1) is 9.52. The van der Waals surface area contributed by atoms with Gasteiger partial charge in [0.1, 0.15) is 4.99 Å². The standard InChI is InChI=1S/C15H22BrN3S/c1-3-19-8-6-11(7-9-19)18(2)12-4-5-13(15(17)20)14(16)10-12/h4-5,10-11H,3,6-9H2,1-2H3,(H2,17,20). The number of likely N-dealkylation sites (tertiary alicyclic amines) is 1. The van der Waals surface area contributed by atoms with E-state index in [0.717, 1.165) is 16.6 Å². The van der Waals surface area contributed by atoms with E-state index < -0.39 is 0 Å². The molecule has 1 aromatic carbocycles. The number of hydrogen-bond acceptors (Lipinski definition) is 3. The van der Waals surface area contributed by atoms with Crippen LogP contribution in [0.1, 0.15) is 25.3 Å². The summed E-state index contributed by atoms with van der Waals surface area (Å²) in [5, 5.41) is 0. The number of hydrogen-bond donors (Lipinski definition) is 1. The average molecular weight is 356 g/mol. The third-order valence-corrected chi connectivity index (χ3v) is 5.05. The molecule has 0 aliphatic carbocycles. The molecular formula is C15H22BrN3S. The van der Waals surface area contributed by atoms with Gasteiger partial charge in [0.15, 0.2) is 0 Å². The van der Waals surface area contributed by atoms with Gasteiger partial charge in [-0.1, -0.05) is 19.1 Å². The molecule has 1 fully saturated rings. The molecule has 0 unspecified atom stereocenters. The monoisotopic (exact) mass is 355 g/mol. The summed E-state index contributed by atoms with van der Waals surface area (Å²) >= 11 is 8.60. The summed E-state index contributed by atoms with van der Waals surface area (Å²) in [6, 6.07) is 6.83. The summed E-state index contributed by atoms with van der Waals surface area (Å²) in [5.41, 5.74) is 7.81. The van der Waals surface area contributed by atoms with Gasteiger partial charge in [0, 0.05) is 41.9 Å². The maximum atomic E-state index is 5.70. The summed E-state index contributed by atoms with van der Waals surface area (Å²) in [6.45, 7) is 5.77. The Balaban J connectivity index is 2.08. The van der Waals surface area contributed by atoms with Gasteiger partial charge in [0.2, 0.25) is 0 Å². The molecule has 0 spiro atoms. The van der Waals surface area contributed by atoms with E-state index >= 15 is 0 Å². The van der Waals surface area contributed by atoms with Crippen molar-refractivity contribution in [1.29, 1.82) is 0 Å². The predicted octanol–water partition coefficient (Wildman–Crippen LogP) is 3.00. The average Bonchev–Trinajstić information content (AvgIpc) is 2.46. The van der Waals surface area contributed by atoms with E-state index in [4.69, 9.17) is 18.0 Å². The third-order valence-electron chi connectivity index (χ3n) is 4.18. The first-order valence-corrected chi connectivity index (χ1v) is 8.27. The van der Waals surface area contributed by atoms with Gasteiger partial charge in [-0.2, -0.15) is 0 Å². The second kappa shape index (κ2) is 6.87. The van der Waals surface area contributed by atoms with Crippen molar-refractivity contribution in [3.05, 3.63) is 28.2 Å². The molecule has 1 heterocycles. The van der Waals surface area contributed by atoms with Gasteiger partial charge < -0.3 is 15.5 Å². The molecule has 0 amide bonds. The molecule has 0 bridgehead atoms. The summed E-state index contributed by atoms with van der Waals surface area (Å²) in [5.74, 6) is 0. The number of nitrogens with zero attached hydrogens (tertiary/aromatic N) is 2. The van der Waals surface area contributed by atoms with Crippen LogP contribution in [0.4, 0.5) is 5.69 Å². The minimum Gasteiger partial charge on any atom is -0.389 e. The van der Waals surface area contributed by atoms with Crippen LogP contribution >= 0.6 is 28.1 Å². The van der Waals surface area contributed by atoms with Gasteiger partial charge in [-0.3, -0.25) is 0 Å². The van der Waals surface area contributed by atoms with E-state index in [-0.39, 0.29) is 0 Å². The smallest absolute Gasteiger partial charge is 0.105 e. The Morgan fingerprint density at radius 3 is 2.60 bits per heavy atom. The van der Waals surface area contributed by atoms with Gasteiger partial charge in [-0.05, 0) is 53.5 Å². The molecule has 0 saturated carbocycles. The zero-order chi connectivity index (χ0) is 14.7. The first kappa shape index (κ1) is 15.7. The van der Waals surface area contributed by atoms with E-state index in [1.54, 1.807) is 0 Å².